The average molecular weight is 510 g/mol. The van der Waals surface area contributed by atoms with Crippen LogP contribution in [0.2, 0.25) is 0 Å². The number of hydrogen-bond acceptors (Lipinski definition) is 8. The van der Waals surface area contributed by atoms with Crippen LogP contribution in [0.3, 0.4) is 0 Å². The van der Waals surface area contributed by atoms with Crippen LogP contribution in [0.4, 0.5) is 23.4 Å². The Kier molecular flexibility index (Phi) is 7.97. The van der Waals surface area contributed by atoms with E-state index in [2.05, 4.69) is 25.3 Å². The lowest BCUT2D eigenvalue weighted by Crippen LogP contribution is -2.52. The number of piperidine rings is 1. The molecule has 3 N–H and O–H groups in total. The summed E-state index contributed by atoms with van der Waals surface area (Å²) in [7, 11) is 0. The topological polar surface area (TPSA) is 119 Å². The summed E-state index contributed by atoms with van der Waals surface area (Å²) >= 11 is 0. The number of allylic oxidation sites excluding steroid dienone is 1. The molecule has 0 spiro atoms. The first-order chi connectivity index (χ1) is 17.3. The average Bonchev–Trinajstić information content (AvgIpc) is 2.88. The fraction of sp³-hybridized carbons (Fsp3) is 0.522. The summed E-state index contributed by atoms with van der Waals surface area (Å²) in [5.74, 6) is -5.81. The highest BCUT2D eigenvalue weighted by molar-refractivity contribution is 6.10. The molecular formula is C23H27F4N7O2. The van der Waals surface area contributed by atoms with Crippen molar-refractivity contribution in [3.05, 3.63) is 30.4 Å². The van der Waals surface area contributed by atoms with E-state index in [0.29, 0.717) is 35.5 Å². The second kappa shape index (κ2) is 11.1. The second-order valence-electron chi connectivity index (χ2n) is 8.70. The summed E-state index contributed by atoms with van der Waals surface area (Å²) in [6.07, 6.45) is 3.53. The van der Waals surface area contributed by atoms with E-state index in [-0.39, 0.29) is 18.4 Å². The van der Waals surface area contributed by atoms with Crippen LogP contribution in [0.25, 0.3) is 16.6 Å². The molecule has 36 heavy (non-hydrogen) atoms. The number of anilines is 1. The number of halogens is 4. The molecule has 1 amide bonds. The smallest absolute Gasteiger partial charge is 0.315 e. The number of pyridine rings is 1. The van der Waals surface area contributed by atoms with E-state index in [4.69, 9.17) is 10.5 Å². The monoisotopic (exact) mass is 509 g/mol. The summed E-state index contributed by atoms with van der Waals surface area (Å²) < 4.78 is 60.2. The lowest BCUT2D eigenvalue weighted by Gasteiger charge is -2.38. The predicted molar refractivity (Wildman–Crippen MR) is 126 cm³/mol. The highest BCUT2D eigenvalue weighted by atomic mass is 19.3. The molecule has 0 saturated carbocycles. The first-order valence-electron chi connectivity index (χ1n) is 11.6. The Morgan fingerprint density at radius 2 is 2.06 bits per heavy atom. The standard InChI is InChI=1S/C23H27F4N7O2/c24-20(25)22(35)34-6-3-23(26,27)15(13-34)12-32-21-19-18(29-4-5-30-19)9-17(33-21)14(10-28)11-31-16-1-7-36-8-2-16/h4-5,9-11,15-16,20H,1-3,6-8,12-13,28H2,(H,32,33). The van der Waals surface area contributed by atoms with Gasteiger partial charge in [-0.2, -0.15) is 8.78 Å². The number of nitrogens with two attached hydrogens (primary N) is 1. The van der Waals surface area contributed by atoms with Gasteiger partial charge >= 0.3 is 6.43 Å². The van der Waals surface area contributed by atoms with Crippen molar-refractivity contribution in [2.24, 2.45) is 16.6 Å². The Balaban J connectivity index is 1.57. The largest absolute Gasteiger partial charge is 0.404 e. The Morgan fingerprint density at radius 3 is 2.78 bits per heavy atom. The summed E-state index contributed by atoms with van der Waals surface area (Å²) in [6, 6.07) is 1.76. The normalized spacial score (nSPS) is 21.4. The predicted octanol–water partition coefficient (Wildman–Crippen LogP) is 2.74. The van der Waals surface area contributed by atoms with Crippen molar-refractivity contribution >= 4 is 34.5 Å². The first-order valence-corrected chi connectivity index (χ1v) is 11.6. The van der Waals surface area contributed by atoms with Gasteiger partial charge in [0.05, 0.1) is 23.2 Å². The molecule has 0 aromatic carbocycles. The van der Waals surface area contributed by atoms with Crippen LogP contribution in [-0.2, 0) is 9.53 Å². The van der Waals surface area contributed by atoms with Crippen LogP contribution in [0.15, 0.2) is 29.7 Å². The zero-order valence-electron chi connectivity index (χ0n) is 19.4. The van der Waals surface area contributed by atoms with E-state index in [1.807, 2.05) is 0 Å². The third-order valence-corrected chi connectivity index (χ3v) is 6.31. The Morgan fingerprint density at radius 1 is 1.31 bits per heavy atom. The summed E-state index contributed by atoms with van der Waals surface area (Å²) in [5, 5.41) is 2.88. The Hall–Kier alpha value is -3.35. The van der Waals surface area contributed by atoms with Gasteiger partial charge in [0.1, 0.15) is 5.52 Å². The van der Waals surface area contributed by atoms with E-state index < -0.39 is 43.7 Å². The van der Waals surface area contributed by atoms with Gasteiger partial charge in [-0.3, -0.25) is 14.8 Å². The molecule has 9 nitrogen and oxygen atoms in total. The summed E-state index contributed by atoms with van der Waals surface area (Å²) in [4.78, 5) is 30.1. The molecule has 4 heterocycles. The molecule has 2 aromatic heterocycles. The number of aliphatic imine (C=N–C) groups is 1. The van der Waals surface area contributed by atoms with Gasteiger partial charge in [0.15, 0.2) is 5.82 Å². The lowest BCUT2D eigenvalue weighted by atomic mass is 9.93. The van der Waals surface area contributed by atoms with E-state index >= 15 is 0 Å². The number of hydrogen-bond donors (Lipinski definition) is 2. The minimum atomic E-state index is -3.24. The van der Waals surface area contributed by atoms with Crippen LogP contribution >= 0.6 is 0 Å². The van der Waals surface area contributed by atoms with Gasteiger partial charge in [-0.05, 0) is 18.9 Å². The second-order valence-corrected chi connectivity index (χ2v) is 8.70. The van der Waals surface area contributed by atoms with Gasteiger partial charge in [0, 0.05) is 69.7 Å². The number of amides is 1. The van der Waals surface area contributed by atoms with E-state index in [9.17, 15) is 22.4 Å². The van der Waals surface area contributed by atoms with E-state index in [0.717, 1.165) is 17.7 Å². The number of fused-ring (bicyclic) bond motifs is 1. The SMILES string of the molecule is NC=C(C=NC1CCOCC1)c1cc2nccnc2c(NCC2CN(C(=O)C(F)F)CCC2(F)F)n1. The number of rotatable bonds is 7. The van der Waals surface area contributed by atoms with Crippen molar-refractivity contribution in [2.45, 2.75) is 37.7 Å². The van der Waals surface area contributed by atoms with Crippen LogP contribution < -0.4 is 11.1 Å². The minimum absolute atomic E-state index is 0.0963. The molecule has 194 valence electrons. The third kappa shape index (κ3) is 5.89. The minimum Gasteiger partial charge on any atom is -0.404 e. The van der Waals surface area contributed by atoms with Gasteiger partial charge in [-0.1, -0.05) is 0 Å². The number of alkyl halides is 4. The summed E-state index contributed by atoms with van der Waals surface area (Å²) in [6.45, 7) is 0.0193. The quantitative estimate of drug-likeness (QED) is 0.435. The molecule has 2 aliphatic rings. The molecule has 2 fully saturated rings. The van der Waals surface area contributed by atoms with Gasteiger partial charge in [0.25, 0.3) is 11.8 Å². The van der Waals surface area contributed by atoms with Crippen LogP contribution in [-0.4, -0.2) is 83.2 Å². The van der Waals surface area contributed by atoms with Gasteiger partial charge in [0.2, 0.25) is 0 Å². The number of nitrogens with one attached hydrogen (secondary N) is 1. The number of carbonyl (C=O) groups excluding carboxylic acids is 1. The number of ether oxygens (including phenoxy) is 1. The summed E-state index contributed by atoms with van der Waals surface area (Å²) in [5.41, 5.74) is 7.55. The molecule has 0 radical (unpaired) electrons. The molecule has 1 atom stereocenters. The van der Waals surface area contributed by atoms with Crippen molar-refractivity contribution in [3.8, 4) is 0 Å². The fourth-order valence-corrected chi connectivity index (χ4v) is 4.21. The van der Waals surface area contributed by atoms with Crippen LogP contribution in [0.1, 0.15) is 25.0 Å². The van der Waals surface area contributed by atoms with E-state index in [1.54, 1.807) is 12.3 Å². The fourth-order valence-electron chi connectivity index (χ4n) is 4.21. The van der Waals surface area contributed by atoms with Gasteiger partial charge in [-0.15, -0.1) is 0 Å². The molecule has 1 unspecified atom stereocenters. The van der Waals surface area contributed by atoms with Gasteiger partial charge < -0.3 is 20.7 Å². The van der Waals surface area contributed by atoms with Crippen molar-refractivity contribution < 1.29 is 27.1 Å². The number of likely N-dealkylation sites (tertiary alicyclic amines) is 1. The highest BCUT2D eigenvalue weighted by Crippen LogP contribution is 2.34. The highest BCUT2D eigenvalue weighted by Gasteiger charge is 2.46. The van der Waals surface area contributed by atoms with E-state index in [1.165, 1.54) is 18.6 Å². The molecule has 0 bridgehead atoms. The molecule has 2 aromatic rings. The molecule has 4 rings (SSSR count). The Labute approximate surface area is 204 Å². The zero-order valence-corrected chi connectivity index (χ0v) is 19.4. The maximum atomic E-state index is 14.6. The van der Waals surface area contributed by atoms with Crippen LogP contribution in [0, 0.1) is 5.92 Å². The molecule has 0 aliphatic carbocycles. The maximum absolute atomic E-state index is 14.6. The van der Waals surface area contributed by atoms with Crippen molar-refractivity contribution in [1.82, 2.24) is 19.9 Å². The number of aromatic nitrogens is 3. The first kappa shape index (κ1) is 25.7. The molecule has 2 saturated heterocycles. The molecule has 13 heteroatoms. The lowest BCUT2D eigenvalue weighted by molar-refractivity contribution is -0.154. The van der Waals surface area contributed by atoms with Gasteiger partial charge in [-0.25, -0.2) is 18.7 Å². The zero-order chi connectivity index (χ0) is 25.7. The third-order valence-electron chi connectivity index (χ3n) is 6.31. The van der Waals surface area contributed by atoms with Crippen molar-refractivity contribution in [1.29, 1.82) is 0 Å². The van der Waals surface area contributed by atoms with Crippen molar-refractivity contribution in [2.75, 3.05) is 38.2 Å². The Bertz CT molecular complexity index is 1140. The maximum Gasteiger partial charge on any atom is 0.315 e. The number of carbonyl (C=O) groups is 1. The van der Waals surface area contributed by atoms with Crippen molar-refractivity contribution in [3.63, 3.8) is 0 Å². The number of nitrogens with zero attached hydrogens (tertiary/aromatic N) is 5. The molecule has 2 aliphatic heterocycles. The van der Waals surface area contributed by atoms with Crippen LogP contribution in [0.5, 0.6) is 0 Å². The molecular weight excluding hydrogens is 482 g/mol.